The number of fused-ring (bicyclic) bond motifs is 1. The zero-order valence-corrected chi connectivity index (χ0v) is 21.7. The van der Waals surface area contributed by atoms with Crippen molar-refractivity contribution in [2.75, 3.05) is 50.8 Å². The van der Waals surface area contributed by atoms with E-state index in [9.17, 15) is 14.7 Å². The van der Waals surface area contributed by atoms with E-state index in [1.165, 1.54) is 16.8 Å². The van der Waals surface area contributed by atoms with Crippen LogP contribution in [0.3, 0.4) is 0 Å². The molecule has 0 spiro atoms. The van der Waals surface area contributed by atoms with Gasteiger partial charge in [-0.1, -0.05) is 12.1 Å². The third-order valence-electron chi connectivity index (χ3n) is 8.48. The molecule has 0 radical (unpaired) electrons. The average molecular weight is 494 g/mol. The Morgan fingerprint density at radius 1 is 1.00 bits per heavy atom. The van der Waals surface area contributed by atoms with E-state index < -0.39 is 0 Å². The first-order chi connectivity index (χ1) is 17.5. The summed E-state index contributed by atoms with van der Waals surface area (Å²) in [5.74, 6) is 0.579. The number of hydrogen-bond donors (Lipinski definition) is 1. The number of aliphatic hydroxyl groups is 1. The van der Waals surface area contributed by atoms with E-state index >= 15 is 0 Å². The molecule has 2 saturated heterocycles. The third kappa shape index (κ3) is 4.88. The molecule has 1 aliphatic carbocycles. The number of nitrogens with zero attached hydrogens (tertiary/aromatic N) is 5. The van der Waals surface area contributed by atoms with Crippen LogP contribution in [-0.4, -0.2) is 82.4 Å². The van der Waals surface area contributed by atoms with Crippen LogP contribution in [0.1, 0.15) is 58.6 Å². The number of anilines is 1. The predicted molar refractivity (Wildman–Crippen MR) is 139 cm³/mol. The highest BCUT2D eigenvalue weighted by Crippen LogP contribution is 2.29. The molecule has 1 N–H and O–H groups in total. The predicted octanol–water partition coefficient (Wildman–Crippen LogP) is 2.57. The lowest BCUT2D eigenvalue weighted by Crippen LogP contribution is -2.50. The average Bonchev–Trinajstić information content (AvgIpc) is 3.50. The lowest BCUT2D eigenvalue weighted by atomic mass is 9.93. The first-order valence-electron chi connectivity index (χ1n) is 13.5. The van der Waals surface area contributed by atoms with Crippen molar-refractivity contribution in [3.63, 3.8) is 0 Å². The van der Waals surface area contributed by atoms with Gasteiger partial charge in [-0.2, -0.15) is 5.10 Å². The second kappa shape index (κ2) is 10.6. The van der Waals surface area contributed by atoms with Gasteiger partial charge in [0.2, 0.25) is 5.91 Å². The molecule has 8 nitrogen and oxygen atoms in total. The molecule has 3 aliphatic rings. The van der Waals surface area contributed by atoms with Gasteiger partial charge in [0.25, 0.3) is 5.91 Å². The van der Waals surface area contributed by atoms with Crippen LogP contribution in [0.15, 0.2) is 18.2 Å². The van der Waals surface area contributed by atoms with Gasteiger partial charge in [-0.3, -0.25) is 14.3 Å². The summed E-state index contributed by atoms with van der Waals surface area (Å²) in [5, 5.41) is 13.9. The van der Waals surface area contributed by atoms with E-state index in [2.05, 4.69) is 36.9 Å². The molecular weight excluding hydrogens is 454 g/mol. The first kappa shape index (κ1) is 24.8. The van der Waals surface area contributed by atoms with Gasteiger partial charge < -0.3 is 19.8 Å². The smallest absolute Gasteiger partial charge is 0.274 e. The number of rotatable bonds is 6. The zero-order valence-electron chi connectivity index (χ0n) is 21.7. The van der Waals surface area contributed by atoms with Crippen molar-refractivity contribution in [3.05, 3.63) is 46.3 Å². The van der Waals surface area contributed by atoms with E-state index in [0.29, 0.717) is 24.7 Å². The minimum atomic E-state index is 0.00364. The van der Waals surface area contributed by atoms with Crippen LogP contribution in [0.25, 0.3) is 0 Å². The Balaban J connectivity index is 1.22. The Morgan fingerprint density at radius 3 is 2.47 bits per heavy atom. The summed E-state index contributed by atoms with van der Waals surface area (Å²) in [5.41, 5.74) is 6.52. The fourth-order valence-electron chi connectivity index (χ4n) is 6.07. The van der Waals surface area contributed by atoms with Crippen molar-refractivity contribution in [2.45, 2.75) is 58.9 Å². The minimum absolute atomic E-state index is 0.00364. The Bertz CT molecular complexity index is 1110. The van der Waals surface area contributed by atoms with Crippen LogP contribution in [0, 0.1) is 19.8 Å². The molecule has 2 fully saturated rings. The highest BCUT2D eigenvalue weighted by Gasteiger charge is 2.32. The second-order valence-electron chi connectivity index (χ2n) is 10.6. The number of aryl methyl sites for hydroxylation is 1. The number of aromatic nitrogens is 2. The summed E-state index contributed by atoms with van der Waals surface area (Å²) in [7, 11) is 0. The summed E-state index contributed by atoms with van der Waals surface area (Å²) in [6.45, 7) is 9.20. The Morgan fingerprint density at radius 2 is 1.75 bits per heavy atom. The summed E-state index contributed by atoms with van der Waals surface area (Å²) >= 11 is 0. The molecule has 0 unspecified atom stereocenters. The number of piperazine rings is 1. The maximum Gasteiger partial charge on any atom is 0.274 e. The summed E-state index contributed by atoms with van der Waals surface area (Å²) in [4.78, 5) is 32.8. The number of hydrogen-bond acceptors (Lipinski definition) is 5. The van der Waals surface area contributed by atoms with Crippen LogP contribution in [0.2, 0.25) is 0 Å². The lowest BCUT2D eigenvalue weighted by Gasteiger charge is -2.37. The van der Waals surface area contributed by atoms with Gasteiger partial charge in [-0.05, 0) is 75.5 Å². The molecule has 0 saturated carbocycles. The molecule has 3 heterocycles. The number of piperidine rings is 1. The first-order valence-corrected chi connectivity index (χ1v) is 13.5. The number of carbonyl (C=O) groups excluding carboxylic acids is 2. The van der Waals surface area contributed by atoms with Gasteiger partial charge >= 0.3 is 0 Å². The fraction of sp³-hybridized carbons (Fsp3) is 0.607. The zero-order chi connectivity index (χ0) is 25.2. The number of benzene rings is 1. The Kier molecular flexibility index (Phi) is 7.32. The largest absolute Gasteiger partial charge is 0.396 e. The van der Waals surface area contributed by atoms with Crippen LogP contribution in [-0.2, 0) is 24.2 Å². The van der Waals surface area contributed by atoms with Gasteiger partial charge in [-0.15, -0.1) is 0 Å². The quantitative estimate of drug-likeness (QED) is 0.669. The molecule has 2 aliphatic heterocycles. The molecule has 36 heavy (non-hydrogen) atoms. The Labute approximate surface area is 213 Å². The number of aliphatic hydroxyl groups excluding tert-OH is 1. The molecule has 194 valence electrons. The second-order valence-corrected chi connectivity index (χ2v) is 10.6. The van der Waals surface area contributed by atoms with Gasteiger partial charge in [0.1, 0.15) is 6.54 Å². The minimum Gasteiger partial charge on any atom is -0.396 e. The molecule has 8 heteroatoms. The number of carbonyl (C=O) groups is 2. The van der Waals surface area contributed by atoms with Crippen molar-refractivity contribution in [3.8, 4) is 0 Å². The van der Waals surface area contributed by atoms with Crippen LogP contribution in [0.4, 0.5) is 5.69 Å². The maximum absolute atomic E-state index is 13.3. The van der Waals surface area contributed by atoms with Crippen molar-refractivity contribution in [1.29, 1.82) is 0 Å². The highest BCUT2D eigenvalue weighted by molar-refractivity contribution is 5.94. The monoisotopic (exact) mass is 493 g/mol. The van der Waals surface area contributed by atoms with Gasteiger partial charge in [0, 0.05) is 62.8 Å². The number of amides is 2. The highest BCUT2D eigenvalue weighted by atomic mass is 16.3. The topological polar surface area (TPSA) is 81.9 Å². The van der Waals surface area contributed by atoms with Crippen LogP contribution >= 0.6 is 0 Å². The standard InChI is InChI=1S/C28H39N5O3/c1-20-5-3-7-24(21(20)2)30-14-16-31(17-15-30)26(35)19-33-25-8-4-6-23(25)27(29-33)28(36)32-12-9-22(10-13-32)11-18-34/h3,5,7,22,34H,4,6,8-19H2,1-2H3. The molecular formula is C28H39N5O3. The van der Waals surface area contributed by atoms with Gasteiger partial charge in [-0.25, -0.2) is 0 Å². The summed E-state index contributed by atoms with van der Waals surface area (Å²) in [6.07, 6.45) is 5.42. The maximum atomic E-state index is 13.3. The molecule has 0 bridgehead atoms. The van der Waals surface area contributed by atoms with Crippen LogP contribution < -0.4 is 4.90 Å². The molecule has 2 amide bonds. The molecule has 1 aromatic carbocycles. The molecule has 0 atom stereocenters. The fourth-order valence-corrected chi connectivity index (χ4v) is 6.07. The van der Waals surface area contributed by atoms with E-state index in [4.69, 9.17) is 5.10 Å². The van der Waals surface area contributed by atoms with E-state index in [-0.39, 0.29) is 25.0 Å². The van der Waals surface area contributed by atoms with E-state index in [1.807, 2.05) is 14.5 Å². The molecule has 5 rings (SSSR count). The van der Waals surface area contributed by atoms with Crippen molar-refractivity contribution < 1.29 is 14.7 Å². The molecule has 2 aromatic rings. The van der Waals surface area contributed by atoms with Crippen LogP contribution in [0.5, 0.6) is 0 Å². The SMILES string of the molecule is Cc1cccc(N2CCN(C(=O)Cn3nc(C(=O)N4CCC(CCO)CC4)c4c3CCC4)CC2)c1C. The summed E-state index contributed by atoms with van der Waals surface area (Å²) < 4.78 is 1.81. The lowest BCUT2D eigenvalue weighted by molar-refractivity contribution is -0.132. The van der Waals surface area contributed by atoms with Crippen molar-refractivity contribution >= 4 is 17.5 Å². The van der Waals surface area contributed by atoms with Gasteiger partial charge in [0.15, 0.2) is 5.69 Å². The normalized spacial score (nSPS) is 18.6. The van der Waals surface area contributed by atoms with Crippen molar-refractivity contribution in [1.82, 2.24) is 19.6 Å². The number of likely N-dealkylation sites (tertiary alicyclic amines) is 1. The third-order valence-corrected chi connectivity index (χ3v) is 8.48. The summed E-state index contributed by atoms with van der Waals surface area (Å²) in [6, 6.07) is 6.41. The van der Waals surface area contributed by atoms with E-state index in [0.717, 1.165) is 76.0 Å². The van der Waals surface area contributed by atoms with Gasteiger partial charge in [0.05, 0.1) is 0 Å². The molecule has 1 aromatic heterocycles. The van der Waals surface area contributed by atoms with E-state index in [1.54, 1.807) is 0 Å². The van der Waals surface area contributed by atoms with Crippen molar-refractivity contribution in [2.24, 2.45) is 5.92 Å². The Hall–Kier alpha value is -2.87.